The molecule has 4 N–H and O–H groups in total. The molecule has 1 atom stereocenters. The molecule has 2 aromatic carbocycles. The van der Waals surface area contributed by atoms with Crippen molar-refractivity contribution < 1.29 is 37.9 Å². The molecule has 2 fully saturated rings. The number of imidazole rings is 1. The van der Waals surface area contributed by atoms with Crippen molar-refractivity contribution in [3.63, 3.8) is 0 Å². The summed E-state index contributed by atoms with van der Waals surface area (Å²) in [6.45, 7) is 9.00. The van der Waals surface area contributed by atoms with Crippen LogP contribution in [0.25, 0.3) is 44.1 Å². The van der Waals surface area contributed by atoms with Crippen molar-refractivity contribution in [1.82, 2.24) is 49.7 Å². The highest BCUT2D eigenvalue weighted by Crippen LogP contribution is 2.43. The van der Waals surface area contributed by atoms with Crippen molar-refractivity contribution in [2.75, 3.05) is 58.6 Å². The second-order valence-corrected chi connectivity index (χ2v) is 16.9. The molecule has 0 spiro atoms. The second kappa shape index (κ2) is 19.5. The number of H-pyrrole nitrogens is 1. The van der Waals surface area contributed by atoms with Gasteiger partial charge in [-0.05, 0) is 82.7 Å². The number of fused-ring (bicyclic) bond motifs is 4. The van der Waals surface area contributed by atoms with Crippen LogP contribution >= 0.6 is 0 Å². The summed E-state index contributed by atoms with van der Waals surface area (Å²) >= 11 is 0. The molecule has 1 saturated heterocycles. The Bertz CT molecular complexity index is 3030. The Hall–Kier alpha value is -6.90. The van der Waals surface area contributed by atoms with Gasteiger partial charge in [0.15, 0.2) is 0 Å². The first-order valence-corrected chi connectivity index (χ1v) is 22.8. The van der Waals surface area contributed by atoms with Crippen LogP contribution in [0.4, 0.5) is 11.6 Å². The molecule has 20 heteroatoms. The molecule has 9 rings (SSSR count). The Kier molecular flexibility index (Phi) is 13.2. The number of anilines is 2. The lowest BCUT2D eigenvalue weighted by Crippen LogP contribution is -2.44. The van der Waals surface area contributed by atoms with Gasteiger partial charge < -0.3 is 39.1 Å². The van der Waals surface area contributed by atoms with Gasteiger partial charge in [0.25, 0.3) is 5.91 Å². The van der Waals surface area contributed by atoms with E-state index in [0.29, 0.717) is 85.8 Å². The van der Waals surface area contributed by atoms with E-state index in [-0.39, 0.29) is 37.0 Å². The number of imide groups is 1. The number of aryl methyl sites for hydroxylation is 5. The van der Waals surface area contributed by atoms with Gasteiger partial charge in [-0.3, -0.25) is 28.8 Å². The van der Waals surface area contributed by atoms with Crippen molar-refractivity contribution >= 4 is 62.3 Å². The average Bonchev–Trinajstić information content (AvgIpc) is 3.77. The molecule has 1 unspecified atom stereocenters. The summed E-state index contributed by atoms with van der Waals surface area (Å²) in [7, 11) is 3.31. The topological polar surface area (TPSA) is 237 Å². The first-order chi connectivity index (χ1) is 32.5. The van der Waals surface area contributed by atoms with E-state index in [2.05, 4.69) is 32.2 Å². The minimum absolute atomic E-state index is 0.0116. The number of benzene rings is 2. The van der Waals surface area contributed by atoms with Crippen LogP contribution in [0.5, 0.6) is 5.75 Å². The summed E-state index contributed by atoms with van der Waals surface area (Å²) in [6.07, 6.45) is 4.24. The van der Waals surface area contributed by atoms with E-state index in [9.17, 15) is 19.2 Å². The van der Waals surface area contributed by atoms with Gasteiger partial charge in [-0.25, -0.2) is 19.4 Å². The van der Waals surface area contributed by atoms with E-state index in [0.717, 1.165) is 76.0 Å². The Morgan fingerprint density at radius 3 is 2.43 bits per heavy atom. The lowest BCUT2D eigenvalue weighted by Gasteiger charge is -2.21. The molecule has 67 heavy (non-hydrogen) atoms. The number of amides is 3. The van der Waals surface area contributed by atoms with Crippen molar-refractivity contribution in [3.8, 4) is 16.9 Å². The SMILES string of the molecule is CCn1nc(C2CC2)cc1Nc1nc(C(=O)NCCOCCOCCOCCCc2ccc3c(c2)n(C)c(=O)n3C2CCC(=O)NC2=O)nc2[nH]c3cc(-c4c(C)noc4C)c(OC)cc3c12. The van der Waals surface area contributed by atoms with Crippen molar-refractivity contribution in [2.45, 2.75) is 77.8 Å². The summed E-state index contributed by atoms with van der Waals surface area (Å²) in [5, 5.41) is 19.2. The maximum Gasteiger partial charge on any atom is 0.329 e. The number of aromatic amines is 1. The highest BCUT2D eigenvalue weighted by molar-refractivity contribution is 6.14. The van der Waals surface area contributed by atoms with Crippen molar-refractivity contribution in [1.29, 1.82) is 0 Å². The largest absolute Gasteiger partial charge is 0.496 e. The molecule has 2 aliphatic rings. The second-order valence-electron chi connectivity index (χ2n) is 16.9. The summed E-state index contributed by atoms with van der Waals surface area (Å²) in [4.78, 5) is 63.7. The quantitative estimate of drug-likeness (QED) is 0.0531. The molecular weight excluding hydrogens is 863 g/mol. The smallest absolute Gasteiger partial charge is 0.329 e. The summed E-state index contributed by atoms with van der Waals surface area (Å²) in [5.41, 5.74) is 6.84. The number of ether oxygens (including phenoxy) is 4. The predicted molar refractivity (Wildman–Crippen MR) is 248 cm³/mol. The van der Waals surface area contributed by atoms with Crippen LogP contribution < -0.4 is 26.4 Å². The Labute approximate surface area is 384 Å². The van der Waals surface area contributed by atoms with E-state index >= 15 is 0 Å². The zero-order chi connectivity index (χ0) is 46.8. The zero-order valence-electron chi connectivity index (χ0n) is 38.3. The average molecular weight is 918 g/mol. The fraction of sp³-hybridized carbons (Fsp3) is 0.447. The van der Waals surface area contributed by atoms with E-state index in [4.69, 9.17) is 38.5 Å². The van der Waals surface area contributed by atoms with Crippen LogP contribution in [-0.4, -0.2) is 110 Å². The van der Waals surface area contributed by atoms with E-state index < -0.39 is 17.9 Å². The van der Waals surface area contributed by atoms with E-state index in [1.54, 1.807) is 14.2 Å². The van der Waals surface area contributed by atoms with Crippen LogP contribution in [0.15, 0.2) is 45.7 Å². The van der Waals surface area contributed by atoms with Gasteiger partial charge in [0.1, 0.15) is 34.8 Å². The number of aromatic nitrogens is 8. The first kappa shape index (κ1) is 45.3. The normalized spacial score (nSPS) is 15.3. The third-order valence-electron chi connectivity index (χ3n) is 12.3. The van der Waals surface area contributed by atoms with E-state index in [1.165, 1.54) is 9.13 Å². The number of carbonyl (C=O) groups is 3. The van der Waals surface area contributed by atoms with Gasteiger partial charge >= 0.3 is 5.69 Å². The maximum atomic E-state index is 13.6. The fourth-order valence-electron chi connectivity index (χ4n) is 8.76. The molecule has 5 aromatic heterocycles. The molecule has 3 amide bonds. The molecule has 352 valence electrons. The molecule has 1 aliphatic carbocycles. The fourth-order valence-corrected chi connectivity index (χ4v) is 8.76. The Balaban J connectivity index is 0.748. The Morgan fingerprint density at radius 2 is 1.72 bits per heavy atom. The monoisotopic (exact) mass is 917 g/mol. The van der Waals surface area contributed by atoms with Crippen LogP contribution in [-0.2, 0) is 43.8 Å². The van der Waals surface area contributed by atoms with Gasteiger partial charge in [0.2, 0.25) is 17.6 Å². The third kappa shape index (κ3) is 9.41. The van der Waals surface area contributed by atoms with Gasteiger partial charge in [-0.15, -0.1) is 0 Å². The summed E-state index contributed by atoms with van der Waals surface area (Å²) in [6, 6.07) is 11.0. The van der Waals surface area contributed by atoms with Crippen molar-refractivity contribution in [3.05, 3.63) is 75.4 Å². The van der Waals surface area contributed by atoms with Crippen LogP contribution in [0.1, 0.15) is 84.3 Å². The number of carbonyl (C=O) groups excluding carboxylic acids is 3. The first-order valence-electron chi connectivity index (χ1n) is 22.8. The lowest BCUT2D eigenvalue weighted by atomic mass is 10.0. The molecule has 1 aliphatic heterocycles. The molecule has 0 bridgehead atoms. The van der Waals surface area contributed by atoms with Gasteiger partial charge in [-0.2, -0.15) is 5.10 Å². The van der Waals surface area contributed by atoms with Gasteiger partial charge in [0.05, 0.1) is 73.5 Å². The Morgan fingerprint density at radius 1 is 0.940 bits per heavy atom. The predicted octanol–water partition coefficient (Wildman–Crippen LogP) is 5.27. The number of rotatable bonds is 21. The number of hydrogen-bond acceptors (Lipinski definition) is 14. The number of hydrogen-bond donors (Lipinski definition) is 4. The number of methoxy groups -OCH3 is 1. The molecule has 0 radical (unpaired) electrons. The molecular formula is C47H55N11O9. The van der Waals surface area contributed by atoms with E-state index in [1.807, 2.05) is 55.8 Å². The lowest BCUT2D eigenvalue weighted by molar-refractivity contribution is -0.135. The third-order valence-corrected chi connectivity index (χ3v) is 12.3. The number of nitrogens with one attached hydrogen (secondary N) is 4. The highest BCUT2D eigenvalue weighted by atomic mass is 16.5. The molecule has 7 aromatic rings. The summed E-state index contributed by atoms with van der Waals surface area (Å²) < 4.78 is 33.5. The highest BCUT2D eigenvalue weighted by Gasteiger charge is 2.32. The van der Waals surface area contributed by atoms with Gasteiger partial charge in [-0.1, -0.05) is 11.2 Å². The minimum Gasteiger partial charge on any atom is -0.496 e. The number of piperidine rings is 1. The minimum atomic E-state index is -0.713. The molecule has 6 heterocycles. The zero-order valence-corrected chi connectivity index (χ0v) is 38.3. The van der Waals surface area contributed by atoms with Crippen LogP contribution in [0.3, 0.4) is 0 Å². The van der Waals surface area contributed by atoms with Crippen LogP contribution in [0, 0.1) is 13.8 Å². The standard InChI is InChI=1S/C47H55N11O9/c1-6-57-38(25-32(54-57)29-10-11-29)50-43-41-30-24-37(63-5)31(40-26(2)55-67-27(40)3)23-33(30)49-42(41)52-44(53-43)46(61)48-15-17-65-19-21-66-20-18-64-16-7-8-28-9-12-34-36(22-28)56(4)47(62)58(34)35-13-14-39(59)51-45(35)60/h9,12,22-25,29,35H,6-8,10-11,13-21H2,1-5H3,(H,48,61)(H,51,59,60)(H2,49,50,52,53). The molecule has 1 saturated carbocycles. The van der Waals surface area contributed by atoms with Crippen LogP contribution in [0.2, 0.25) is 0 Å². The van der Waals surface area contributed by atoms with Crippen molar-refractivity contribution in [2.24, 2.45) is 7.05 Å². The van der Waals surface area contributed by atoms with Gasteiger partial charge in [0, 0.05) is 61.6 Å². The number of nitrogens with zero attached hydrogens (tertiary/aromatic N) is 7. The maximum absolute atomic E-state index is 13.6. The summed E-state index contributed by atoms with van der Waals surface area (Å²) in [5.74, 6) is 1.75. The molecule has 20 nitrogen and oxygen atoms in total.